The lowest BCUT2D eigenvalue weighted by Gasteiger charge is -2.00. The van der Waals surface area contributed by atoms with E-state index < -0.39 is 0 Å². The lowest BCUT2D eigenvalue weighted by Crippen LogP contribution is -2.11. The average molecular weight is 97.2 g/mol. The second-order valence-electron chi connectivity index (χ2n) is 2.27. The fourth-order valence-corrected chi connectivity index (χ4v) is 0.652. The summed E-state index contributed by atoms with van der Waals surface area (Å²) < 4.78 is 0. The first-order chi connectivity index (χ1) is 3.33. The molecule has 7 heavy (non-hydrogen) atoms. The Morgan fingerprint density at radius 1 is 1.71 bits per heavy atom. The third-order valence-corrected chi connectivity index (χ3v) is 1.73. The van der Waals surface area contributed by atoms with Crippen LogP contribution in [0.2, 0.25) is 0 Å². The predicted molar refractivity (Wildman–Crippen MR) is 30.9 cm³/mol. The Morgan fingerprint density at radius 3 is 2.29 bits per heavy atom. The molecule has 1 aliphatic carbocycles. The molecule has 1 heteroatoms. The zero-order valence-corrected chi connectivity index (χ0v) is 4.48. The van der Waals surface area contributed by atoms with Crippen molar-refractivity contribution < 1.29 is 0 Å². The standard InChI is InChI=1S/C6H11N/c1-2-6(5-7)3-4-6/h2H,1,3-5,7H2. The van der Waals surface area contributed by atoms with Crippen LogP contribution in [-0.4, -0.2) is 6.54 Å². The Hall–Kier alpha value is -0.300. The van der Waals surface area contributed by atoms with E-state index in [4.69, 9.17) is 5.73 Å². The molecule has 0 unspecified atom stereocenters. The molecule has 0 atom stereocenters. The van der Waals surface area contributed by atoms with Crippen LogP contribution < -0.4 is 5.73 Å². The zero-order chi connectivity index (χ0) is 5.33. The first kappa shape index (κ1) is 4.85. The molecular weight excluding hydrogens is 86.1 g/mol. The molecule has 40 valence electrons. The summed E-state index contributed by atoms with van der Waals surface area (Å²) in [6, 6.07) is 0. The Kier molecular flexibility index (Phi) is 0.927. The van der Waals surface area contributed by atoms with Crippen molar-refractivity contribution in [1.82, 2.24) is 0 Å². The van der Waals surface area contributed by atoms with Gasteiger partial charge in [0.2, 0.25) is 0 Å². The minimum Gasteiger partial charge on any atom is -0.330 e. The van der Waals surface area contributed by atoms with E-state index in [1.54, 1.807) is 0 Å². The van der Waals surface area contributed by atoms with Gasteiger partial charge in [-0.25, -0.2) is 0 Å². The fourth-order valence-electron chi connectivity index (χ4n) is 0.652. The highest BCUT2D eigenvalue weighted by Gasteiger charge is 2.37. The summed E-state index contributed by atoms with van der Waals surface area (Å²) in [4.78, 5) is 0. The van der Waals surface area contributed by atoms with E-state index >= 15 is 0 Å². The molecule has 0 aromatic carbocycles. The van der Waals surface area contributed by atoms with Crippen LogP contribution in [0.15, 0.2) is 12.7 Å². The monoisotopic (exact) mass is 97.1 g/mol. The fraction of sp³-hybridized carbons (Fsp3) is 0.667. The van der Waals surface area contributed by atoms with Gasteiger partial charge in [-0.15, -0.1) is 6.58 Å². The molecule has 1 fully saturated rings. The topological polar surface area (TPSA) is 26.0 Å². The van der Waals surface area contributed by atoms with Gasteiger partial charge in [-0.2, -0.15) is 0 Å². The van der Waals surface area contributed by atoms with Crippen LogP contribution in [0.4, 0.5) is 0 Å². The maximum Gasteiger partial charge on any atom is 0.00141 e. The highest BCUT2D eigenvalue weighted by atomic mass is 14.6. The van der Waals surface area contributed by atoms with Crippen molar-refractivity contribution in [2.24, 2.45) is 11.1 Å². The SMILES string of the molecule is C=CC1(CN)CC1. The van der Waals surface area contributed by atoms with Crippen LogP contribution in [0.25, 0.3) is 0 Å². The summed E-state index contributed by atoms with van der Waals surface area (Å²) in [5, 5.41) is 0. The van der Waals surface area contributed by atoms with E-state index in [1.807, 2.05) is 6.08 Å². The van der Waals surface area contributed by atoms with E-state index in [-0.39, 0.29) is 0 Å². The van der Waals surface area contributed by atoms with Gasteiger partial charge in [-0.05, 0) is 12.8 Å². The summed E-state index contributed by atoms with van der Waals surface area (Å²) in [5.41, 5.74) is 5.78. The first-order valence-electron chi connectivity index (χ1n) is 2.67. The van der Waals surface area contributed by atoms with Gasteiger partial charge in [-0.3, -0.25) is 0 Å². The Bertz CT molecular complexity index is 82.2. The van der Waals surface area contributed by atoms with Gasteiger partial charge in [0, 0.05) is 12.0 Å². The second-order valence-corrected chi connectivity index (χ2v) is 2.27. The first-order valence-corrected chi connectivity index (χ1v) is 2.67. The van der Waals surface area contributed by atoms with Crippen LogP contribution in [0, 0.1) is 5.41 Å². The third-order valence-electron chi connectivity index (χ3n) is 1.73. The third kappa shape index (κ3) is 0.682. The maximum absolute atomic E-state index is 5.41. The largest absolute Gasteiger partial charge is 0.330 e. The molecule has 2 N–H and O–H groups in total. The molecule has 0 aromatic heterocycles. The Morgan fingerprint density at radius 2 is 2.29 bits per heavy atom. The van der Waals surface area contributed by atoms with E-state index in [1.165, 1.54) is 12.8 Å². The molecule has 0 aromatic rings. The number of hydrogen-bond donors (Lipinski definition) is 1. The van der Waals surface area contributed by atoms with E-state index in [0.717, 1.165) is 6.54 Å². The molecule has 0 saturated heterocycles. The van der Waals surface area contributed by atoms with Gasteiger partial charge < -0.3 is 5.73 Å². The van der Waals surface area contributed by atoms with Gasteiger partial charge in [0.1, 0.15) is 0 Å². The molecule has 0 heterocycles. The van der Waals surface area contributed by atoms with Gasteiger partial charge in [-0.1, -0.05) is 6.08 Å². The van der Waals surface area contributed by atoms with Gasteiger partial charge in [0.05, 0.1) is 0 Å². The van der Waals surface area contributed by atoms with Gasteiger partial charge >= 0.3 is 0 Å². The van der Waals surface area contributed by atoms with E-state index in [9.17, 15) is 0 Å². The van der Waals surface area contributed by atoms with Crippen LogP contribution >= 0.6 is 0 Å². The molecule has 0 bridgehead atoms. The quantitative estimate of drug-likeness (QED) is 0.509. The Balaban J connectivity index is 2.42. The molecule has 1 rings (SSSR count). The van der Waals surface area contributed by atoms with Crippen LogP contribution in [-0.2, 0) is 0 Å². The zero-order valence-electron chi connectivity index (χ0n) is 4.48. The van der Waals surface area contributed by atoms with Gasteiger partial charge in [0.25, 0.3) is 0 Å². The number of hydrogen-bond acceptors (Lipinski definition) is 1. The number of rotatable bonds is 2. The summed E-state index contributed by atoms with van der Waals surface area (Å²) >= 11 is 0. The van der Waals surface area contributed by atoms with Crippen molar-refractivity contribution in [3.05, 3.63) is 12.7 Å². The smallest absolute Gasteiger partial charge is 0.00141 e. The predicted octanol–water partition coefficient (Wildman–Crippen LogP) is 0.911. The van der Waals surface area contributed by atoms with E-state index in [0.29, 0.717) is 5.41 Å². The highest BCUT2D eigenvalue weighted by molar-refractivity contribution is 5.06. The molecule has 0 radical (unpaired) electrons. The molecule has 0 spiro atoms. The molecular formula is C6H11N. The number of nitrogens with two attached hydrogens (primary N) is 1. The van der Waals surface area contributed by atoms with E-state index in [2.05, 4.69) is 6.58 Å². The minimum absolute atomic E-state index is 0.375. The van der Waals surface area contributed by atoms with Crippen molar-refractivity contribution in [3.63, 3.8) is 0 Å². The minimum atomic E-state index is 0.375. The van der Waals surface area contributed by atoms with Crippen molar-refractivity contribution in [3.8, 4) is 0 Å². The lowest BCUT2D eigenvalue weighted by molar-refractivity contribution is 0.668. The Labute approximate surface area is 44.2 Å². The lowest BCUT2D eigenvalue weighted by atomic mass is 10.1. The molecule has 1 aliphatic rings. The normalized spacial score (nSPS) is 24.1. The molecule has 0 aliphatic heterocycles. The van der Waals surface area contributed by atoms with Crippen LogP contribution in [0.1, 0.15) is 12.8 Å². The van der Waals surface area contributed by atoms with Gasteiger partial charge in [0.15, 0.2) is 0 Å². The summed E-state index contributed by atoms with van der Waals surface area (Å²) in [7, 11) is 0. The molecule has 1 nitrogen and oxygen atoms in total. The van der Waals surface area contributed by atoms with Crippen LogP contribution in [0.3, 0.4) is 0 Å². The van der Waals surface area contributed by atoms with Crippen molar-refractivity contribution in [1.29, 1.82) is 0 Å². The maximum atomic E-state index is 5.41. The average Bonchev–Trinajstić information content (AvgIpc) is 2.46. The highest BCUT2D eigenvalue weighted by Crippen LogP contribution is 2.45. The molecule has 1 saturated carbocycles. The van der Waals surface area contributed by atoms with Crippen LogP contribution in [0.5, 0.6) is 0 Å². The van der Waals surface area contributed by atoms with Crippen molar-refractivity contribution >= 4 is 0 Å². The molecule has 0 amide bonds. The summed E-state index contributed by atoms with van der Waals surface area (Å²) in [6.45, 7) is 4.47. The van der Waals surface area contributed by atoms with Crippen molar-refractivity contribution in [2.45, 2.75) is 12.8 Å². The second kappa shape index (κ2) is 1.34. The summed E-state index contributed by atoms with van der Waals surface area (Å²) in [6.07, 6.45) is 4.49. The summed E-state index contributed by atoms with van der Waals surface area (Å²) in [5.74, 6) is 0. The van der Waals surface area contributed by atoms with Crippen molar-refractivity contribution in [2.75, 3.05) is 6.54 Å².